The first-order valence-corrected chi connectivity index (χ1v) is 14.9. The van der Waals surface area contributed by atoms with E-state index in [1.54, 1.807) is 0 Å². The van der Waals surface area contributed by atoms with Crippen molar-refractivity contribution >= 4 is 64.1 Å². The average Bonchev–Trinajstić information content (AvgIpc) is 2.98. The smallest absolute Gasteiger partial charge is 0.417 e. The van der Waals surface area contributed by atoms with E-state index in [1.807, 2.05) is 0 Å². The first kappa shape index (κ1) is 41.2. The summed E-state index contributed by atoms with van der Waals surface area (Å²) in [4.78, 5) is 110. The second-order valence-corrected chi connectivity index (χ2v) is 11.4. The molecule has 2 rings (SSSR count). The van der Waals surface area contributed by atoms with E-state index in [-0.39, 0.29) is 11.8 Å². The second kappa shape index (κ2) is 17.6. The number of carboxylic acids is 3. The molecule has 0 fully saturated rings. The zero-order valence-electron chi connectivity index (χ0n) is 27.1. The number of hydrogen-bond acceptors (Lipinski definition) is 10. The van der Waals surface area contributed by atoms with Crippen LogP contribution >= 0.6 is 0 Å². The van der Waals surface area contributed by atoms with E-state index < -0.39 is 132 Å². The highest BCUT2D eigenvalue weighted by atomic mass is 19.4. The molecule has 0 aliphatic rings. The molecule has 18 nitrogen and oxygen atoms in total. The topological polar surface area (TPSA) is 288 Å². The van der Waals surface area contributed by atoms with E-state index in [4.69, 9.17) is 14.6 Å². The Morgan fingerprint density at radius 1 is 0.745 bits per heavy atom. The molecule has 1 aromatic heterocycles. The normalized spacial score (nSPS) is 13.6. The Morgan fingerprint density at radius 3 is 1.80 bits per heavy atom. The summed E-state index contributed by atoms with van der Waals surface area (Å²) in [6, 6.07) is -3.73. The van der Waals surface area contributed by atoms with Crippen LogP contribution in [0, 0.1) is 5.92 Å². The third-order valence-corrected chi connectivity index (χ3v) is 6.93. The zero-order chi connectivity index (χ0) is 38.8. The monoisotopic (exact) mass is 729 g/mol. The number of aliphatic carboxylic acids is 3. The lowest BCUT2D eigenvalue weighted by Crippen LogP contribution is -2.59. The summed E-state index contributed by atoms with van der Waals surface area (Å²) in [5, 5.41) is 38.0. The molecule has 1 heterocycles. The number of carbonyl (C=O) groups excluding carboxylic acids is 5. The molecule has 51 heavy (non-hydrogen) atoms. The van der Waals surface area contributed by atoms with Crippen molar-refractivity contribution in [2.75, 3.05) is 5.32 Å². The van der Waals surface area contributed by atoms with Crippen molar-refractivity contribution in [3.63, 3.8) is 0 Å². The Labute approximate surface area is 285 Å². The van der Waals surface area contributed by atoms with Crippen molar-refractivity contribution in [3.8, 4) is 0 Å². The van der Waals surface area contributed by atoms with Gasteiger partial charge in [-0.1, -0.05) is 13.8 Å². The van der Waals surface area contributed by atoms with Crippen molar-refractivity contribution < 1.29 is 71.3 Å². The van der Waals surface area contributed by atoms with Gasteiger partial charge in [-0.05, 0) is 24.5 Å². The van der Waals surface area contributed by atoms with Crippen molar-refractivity contribution in [3.05, 3.63) is 40.2 Å². The Balaban J connectivity index is 2.31. The molecule has 278 valence electrons. The standard InChI is InChI=1S/C30H34F3N5O13/c1-12(2)25(38-26(47)17(6-7-21(40)41)36-28(49)18(10-22(42)43)34-13(3)39)29(50)37-19(11-23(44)45)27(48)35-14-4-5-15-16(30(31,32)33)9-24(46)51-20(15)8-14/h4-5,8-9,12,17-19,25H,6-7,10-11H2,1-3H3,(H,34,39)(H,35,48)(H,36,49)(H,37,50)(H,38,47)(H,40,41)(H,42,43)(H,44,45)/t17-,18-,19+,25+/m1/s1. The zero-order valence-corrected chi connectivity index (χ0v) is 27.1. The highest BCUT2D eigenvalue weighted by Crippen LogP contribution is 2.34. The number of amides is 5. The quantitative estimate of drug-likeness (QED) is 0.101. The van der Waals surface area contributed by atoms with Gasteiger partial charge in [-0.15, -0.1) is 0 Å². The fraction of sp³-hybridized carbons (Fsp3) is 0.433. The third-order valence-electron chi connectivity index (χ3n) is 6.93. The molecule has 8 N–H and O–H groups in total. The van der Waals surface area contributed by atoms with Gasteiger partial charge in [0.1, 0.15) is 29.8 Å². The molecule has 2 aromatic rings. The lowest BCUT2D eigenvalue weighted by Gasteiger charge is -2.27. The number of alkyl halides is 3. The van der Waals surface area contributed by atoms with E-state index in [0.717, 1.165) is 25.1 Å². The lowest BCUT2D eigenvalue weighted by molar-refractivity contribution is -0.142. The van der Waals surface area contributed by atoms with Crippen LogP contribution in [0.3, 0.4) is 0 Å². The van der Waals surface area contributed by atoms with Gasteiger partial charge in [0.25, 0.3) is 0 Å². The lowest BCUT2D eigenvalue weighted by atomic mass is 10.0. The predicted molar refractivity (Wildman–Crippen MR) is 166 cm³/mol. The molecule has 0 saturated carbocycles. The van der Waals surface area contributed by atoms with Crippen LogP contribution in [0.25, 0.3) is 11.0 Å². The van der Waals surface area contributed by atoms with E-state index in [9.17, 15) is 61.4 Å². The van der Waals surface area contributed by atoms with Crippen molar-refractivity contribution in [2.24, 2.45) is 5.92 Å². The third kappa shape index (κ3) is 12.7. The number of nitrogens with one attached hydrogen (secondary N) is 5. The largest absolute Gasteiger partial charge is 0.481 e. The van der Waals surface area contributed by atoms with Gasteiger partial charge >= 0.3 is 29.7 Å². The molecule has 5 amide bonds. The van der Waals surface area contributed by atoms with Crippen molar-refractivity contribution in [1.29, 1.82) is 0 Å². The van der Waals surface area contributed by atoms with Crippen LogP contribution in [-0.4, -0.2) is 86.9 Å². The molecule has 0 unspecified atom stereocenters. The Morgan fingerprint density at radius 2 is 1.29 bits per heavy atom. The maximum absolute atomic E-state index is 13.4. The van der Waals surface area contributed by atoms with E-state index >= 15 is 0 Å². The van der Waals surface area contributed by atoms with Gasteiger partial charge in [0, 0.05) is 36.6 Å². The van der Waals surface area contributed by atoms with Crippen LogP contribution in [0.2, 0.25) is 0 Å². The van der Waals surface area contributed by atoms with E-state index in [0.29, 0.717) is 0 Å². The highest BCUT2D eigenvalue weighted by Gasteiger charge is 2.35. The molecule has 1 aromatic carbocycles. The van der Waals surface area contributed by atoms with Crippen LogP contribution in [0.15, 0.2) is 33.5 Å². The minimum Gasteiger partial charge on any atom is -0.481 e. The number of anilines is 1. The second-order valence-electron chi connectivity index (χ2n) is 11.4. The number of hydrogen-bond donors (Lipinski definition) is 8. The van der Waals surface area contributed by atoms with Crippen LogP contribution in [-0.2, 0) is 44.5 Å². The van der Waals surface area contributed by atoms with Gasteiger partial charge in [0.05, 0.1) is 18.4 Å². The Bertz CT molecular complexity index is 1740. The van der Waals surface area contributed by atoms with E-state index in [1.165, 1.54) is 13.8 Å². The van der Waals surface area contributed by atoms with E-state index in [2.05, 4.69) is 26.6 Å². The van der Waals surface area contributed by atoms with Gasteiger partial charge in [-0.25, -0.2) is 4.79 Å². The number of carboxylic acid groups (broad SMARTS) is 3. The Hall–Kier alpha value is -6.02. The highest BCUT2D eigenvalue weighted by molar-refractivity contribution is 6.01. The number of halogens is 3. The van der Waals surface area contributed by atoms with Crippen LogP contribution in [0.5, 0.6) is 0 Å². The number of fused-ring (bicyclic) bond motifs is 1. The summed E-state index contributed by atoms with van der Waals surface area (Å²) < 4.78 is 45.0. The molecule has 0 aliphatic carbocycles. The predicted octanol–water partition coefficient (Wildman–Crippen LogP) is 0.180. The minimum absolute atomic E-state index is 0.243. The molecule has 0 radical (unpaired) electrons. The van der Waals surface area contributed by atoms with Gasteiger partial charge in [-0.3, -0.25) is 38.4 Å². The van der Waals surface area contributed by atoms with Crippen molar-refractivity contribution in [1.82, 2.24) is 21.3 Å². The number of benzene rings is 1. The minimum atomic E-state index is -4.92. The van der Waals surface area contributed by atoms with Crippen LogP contribution in [0.1, 0.15) is 52.0 Å². The van der Waals surface area contributed by atoms with Gasteiger partial charge in [0.2, 0.25) is 29.5 Å². The average molecular weight is 730 g/mol. The summed E-state index contributed by atoms with van der Waals surface area (Å²) >= 11 is 0. The maximum Gasteiger partial charge on any atom is 0.417 e. The molecule has 0 saturated heterocycles. The summed E-state index contributed by atoms with van der Waals surface area (Å²) in [7, 11) is 0. The number of carbonyl (C=O) groups is 8. The molecule has 0 bridgehead atoms. The van der Waals surface area contributed by atoms with Gasteiger partial charge in [0.15, 0.2) is 0 Å². The maximum atomic E-state index is 13.4. The molecule has 0 aliphatic heterocycles. The molecule has 21 heteroatoms. The SMILES string of the molecule is CC(=O)N[C@H](CC(=O)O)C(=O)N[C@H](CCC(=O)O)C(=O)N[C@H](C(=O)N[C@@H](CC(=O)O)C(=O)Nc1ccc2c(C(F)(F)F)cc(=O)oc2c1)C(C)C. The fourth-order valence-electron chi connectivity index (χ4n) is 4.58. The molecule has 4 atom stereocenters. The summed E-state index contributed by atoms with van der Waals surface area (Å²) in [5.74, 6) is -10.6. The first-order chi connectivity index (χ1) is 23.6. The van der Waals surface area contributed by atoms with Crippen molar-refractivity contribution in [2.45, 2.75) is 76.8 Å². The van der Waals surface area contributed by atoms with Crippen LogP contribution in [0.4, 0.5) is 18.9 Å². The molecular weight excluding hydrogens is 695 g/mol. The summed E-state index contributed by atoms with van der Waals surface area (Å²) in [6.07, 6.45) is -8.08. The Kier molecular flexibility index (Phi) is 14.2. The molecular formula is C30H34F3N5O13. The summed E-state index contributed by atoms with van der Waals surface area (Å²) in [5.41, 5.74) is -3.45. The van der Waals surface area contributed by atoms with Gasteiger partial charge < -0.3 is 46.3 Å². The fourth-order valence-corrected chi connectivity index (χ4v) is 4.58. The first-order valence-electron chi connectivity index (χ1n) is 14.9. The number of rotatable bonds is 17. The molecule has 0 spiro atoms. The van der Waals surface area contributed by atoms with Crippen LogP contribution < -0.4 is 32.2 Å². The van der Waals surface area contributed by atoms with Gasteiger partial charge in [-0.2, -0.15) is 13.2 Å². The summed E-state index contributed by atoms with van der Waals surface area (Å²) in [6.45, 7) is 3.85.